The molecule has 0 saturated carbocycles. The Hall–Kier alpha value is -2.07. The first kappa shape index (κ1) is 15.3. The van der Waals surface area contributed by atoms with Gasteiger partial charge in [-0.1, -0.05) is 18.2 Å². The third-order valence-corrected chi connectivity index (χ3v) is 3.72. The highest BCUT2D eigenvalue weighted by Gasteiger charge is 2.18. The molecule has 1 N–H and O–H groups in total. The molecule has 2 aromatic rings. The van der Waals surface area contributed by atoms with E-state index in [1.807, 2.05) is 13.1 Å². The molecule has 1 unspecified atom stereocenters. The van der Waals surface area contributed by atoms with Crippen LogP contribution in [0.2, 0.25) is 0 Å². The Labute approximate surface area is 125 Å². The molecular formula is C17H21NO3. The fourth-order valence-electron chi connectivity index (χ4n) is 2.26. The summed E-state index contributed by atoms with van der Waals surface area (Å²) in [6.07, 6.45) is 0.797. The second kappa shape index (κ2) is 6.59. The maximum Gasteiger partial charge on any atom is 0.373 e. The lowest BCUT2D eigenvalue weighted by atomic mass is 10.00. The molecule has 0 saturated heterocycles. The van der Waals surface area contributed by atoms with Gasteiger partial charge in [-0.3, -0.25) is 0 Å². The van der Waals surface area contributed by atoms with E-state index in [0.29, 0.717) is 0 Å². The van der Waals surface area contributed by atoms with E-state index in [-0.39, 0.29) is 11.8 Å². The van der Waals surface area contributed by atoms with Gasteiger partial charge in [-0.15, -0.1) is 0 Å². The van der Waals surface area contributed by atoms with Crippen LogP contribution in [0, 0.1) is 13.8 Å². The fraction of sp³-hybridized carbons (Fsp3) is 0.353. The van der Waals surface area contributed by atoms with Gasteiger partial charge in [-0.05, 0) is 56.1 Å². The van der Waals surface area contributed by atoms with E-state index < -0.39 is 5.97 Å². The van der Waals surface area contributed by atoms with Crippen molar-refractivity contribution in [2.24, 2.45) is 0 Å². The number of furan rings is 1. The molecule has 1 atom stereocenters. The number of carbonyl (C=O) groups excluding carboxylic acids is 1. The lowest BCUT2D eigenvalue weighted by Gasteiger charge is -2.14. The number of hydrogen-bond acceptors (Lipinski definition) is 4. The Morgan fingerprint density at radius 3 is 2.62 bits per heavy atom. The Morgan fingerprint density at radius 1 is 1.24 bits per heavy atom. The van der Waals surface area contributed by atoms with E-state index in [1.165, 1.54) is 23.8 Å². The third kappa shape index (κ3) is 3.52. The van der Waals surface area contributed by atoms with E-state index >= 15 is 0 Å². The van der Waals surface area contributed by atoms with Crippen molar-refractivity contribution in [1.29, 1.82) is 0 Å². The van der Waals surface area contributed by atoms with Crippen molar-refractivity contribution in [2.75, 3.05) is 14.2 Å². The normalized spacial score (nSPS) is 12.2. The average Bonchev–Trinajstić information content (AvgIpc) is 2.97. The van der Waals surface area contributed by atoms with E-state index in [1.54, 1.807) is 6.07 Å². The first-order valence-electron chi connectivity index (χ1n) is 6.96. The molecule has 1 aromatic heterocycles. The molecular weight excluding hydrogens is 266 g/mol. The van der Waals surface area contributed by atoms with Crippen LogP contribution in [0.1, 0.15) is 39.0 Å². The number of methoxy groups -OCH3 is 1. The molecule has 4 heteroatoms. The molecule has 1 aromatic carbocycles. The number of esters is 1. The molecule has 1 heterocycles. The van der Waals surface area contributed by atoms with Crippen molar-refractivity contribution in [3.8, 4) is 0 Å². The van der Waals surface area contributed by atoms with Crippen LogP contribution in [0.4, 0.5) is 0 Å². The number of ether oxygens (including phenoxy) is 1. The minimum Gasteiger partial charge on any atom is -0.463 e. The fourth-order valence-corrected chi connectivity index (χ4v) is 2.26. The average molecular weight is 287 g/mol. The molecule has 0 bridgehead atoms. The van der Waals surface area contributed by atoms with Gasteiger partial charge in [-0.25, -0.2) is 4.79 Å². The summed E-state index contributed by atoms with van der Waals surface area (Å²) in [4.78, 5) is 11.4. The van der Waals surface area contributed by atoms with Gasteiger partial charge in [0.25, 0.3) is 0 Å². The highest BCUT2D eigenvalue weighted by molar-refractivity contribution is 5.86. The third-order valence-electron chi connectivity index (χ3n) is 3.72. The van der Waals surface area contributed by atoms with E-state index in [0.717, 1.165) is 12.2 Å². The molecule has 0 amide bonds. The quantitative estimate of drug-likeness (QED) is 0.858. The lowest BCUT2D eigenvalue weighted by Crippen LogP contribution is -2.18. The molecule has 0 fully saturated rings. The van der Waals surface area contributed by atoms with Crippen LogP contribution in [0.5, 0.6) is 0 Å². The van der Waals surface area contributed by atoms with Gasteiger partial charge in [-0.2, -0.15) is 0 Å². The largest absolute Gasteiger partial charge is 0.463 e. The topological polar surface area (TPSA) is 51.5 Å². The predicted octanol–water partition coefficient (Wildman–Crippen LogP) is 3.19. The zero-order valence-electron chi connectivity index (χ0n) is 12.9. The lowest BCUT2D eigenvalue weighted by molar-refractivity contribution is 0.0562. The Bertz CT molecular complexity index is 631. The second-order valence-electron chi connectivity index (χ2n) is 5.16. The van der Waals surface area contributed by atoms with Gasteiger partial charge in [0, 0.05) is 0 Å². The second-order valence-corrected chi connectivity index (χ2v) is 5.16. The standard InChI is InChI=1S/C17H21NO3/c1-11-5-6-13(9-12(11)2)10-14(18-3)15-7-8-16(21-15)17(19)20-4/h5-9,14,18H,10H2,1-4H3. The minimum absolute atomic E-state index is 0.0190. The summed E-state index contributed by atoms with van der Waals surface area (Å²) in [7, 11) is 3.22. The van der Waals surface area contributed by atoms with Crippen molar-refractivity contribution in [1.82, 2.24) is 5.32 Å². The number of carbonyl (C=O) groups is 1. The van der Waals surface area contributed by atoms with Crippen molar-refractivity contribution >= 4 is 5.97 Å². The highest BCUT2D eigenvalue weighted by Crippen LogP contribution is 2.22. The predicted molar refractivity (Wildman–Crippen MR) is 81.5 cm³/mol. The van der Waals surface area contributed by atoms with Crippen LogP contribution in [0.3, 0.4) is 0 Å². The summed E-state index contributed by atoms with van der Waals surface area (Å²) >= 11 is 0. The Kier molecular flexibility index (Phi) is 4.81. The number of rotatable bonds is 5. The van der Waals surface area contributed by atoms with Gasteiger partial charge in [0.05, 0.1) is 13.2 Å². The van der Waals surface area contributed by atoms with Gasteiger partial charge >= 0.3 is 5.97 Å². The van der Waals surface area contributed by atoms with Crippen molar-refractivity contribution in [3.05, 3.63) is 58.5 Å². The van der Waals surface area contributed by atoms with Crippen molar-refractivity contribution in [3.63, 3.8) is 0 Å². The van der Waals surface area contributed by atoms with Crippen LogP contribution < -0.4 is 5.32 Å². The SMILES string of the molecule is CNC(Cc1ccc(C)c(C)c1)c1ccc(C(=O)OC)o1. The molecule has 4 nitrogen and oxygen atoms in total. The number of nitrogens with one attached hydrogen (secondary N) is 1. The van der Waals surface area contributed by atoms with E-state index in [4.69, 9.17) is 4.42 Å². The van der Waals surface area contributed by atoms with Crippen LogP contribution in [0.25, 0.3) is 0 Å². The summed E-state index contributed by atoms with van der Waals surface area (Å²) in [5, 5.41) is 3.23. The monoisotopic (exact) mass is 287 g/mol. The van der Waals surface area contributed by atoms with Gasteiger partial charge < -0.3 is 14.5 Å². The van der Waals surface area contributed by atoms with Crippen LogP contribution >= 0.6 is 0 Å². The van der Waals surface area contributed by atoms with Gasteiger partial charge in [0.2, 0.25) is 5.76 Å². The molecule has 0 radical (unpaired) electrons. The first-order valence-corrected chi connectivity index (χ1v) is 6.96. The Balaban J connectivity index is 2.17. The Morgan fingerprint density at radius 2 is 2.00 bits per heavy atom. The van der Waals surface area contributed by atoms with Crippen LogP contribution in [0.15, 0.2) is 34.7 Å². The zero-order chi connectivity index (χ0) is 15.4. The molecule has 0 aliphatic carbocycles. The molecule has 21 heavy (non-hydrogen) atoms. The van der Waals surface area contributed by atoms with E-state index in [9.17, 15) is 4.79 Å². The molecule has 112 valence electrons. The smallest absolute Gasteiger partial charge is 0.373 e. The number of likely N-dealkylation sites (N-methyl/N-ethyl adjacent to an activating group) is 1. The minimum atomic E-state index is -0.456. The van der Waals surface area contributed by atoms with Crippen molar-refractivity contribution < 1.29 is 13.9 Å². The molecule has 2 rings (SSSR count). The summed E-state index contributed by atoms with van der Waals surface area (Å²) in [5.41, 5.74) is 3.79. The summed E-state index contributed by atoms with van der Waals surface area (Å²) in [6, 6.07) is 9.91. The van der Waals surface area contributed by atoms with E-state index in [2.05, 4.69) is 42.1 Å². The first-order chi connectivity index (χ1) is 10.0. The summed E-state index contributed by atoms with van der Waals surface area (Å²) in [6.45, 7) is 4.21. The molecule has 0 aliphatic heterocycles. The maximum atomic E-state index is 11.4. The number of hydrogen-bond donors (Lipinski definition) is 1. The molecule has 0 aliphatic rings. The van der Waals surface area contributed by atoms with Crippen molar-refractivity contribution in [2.45, 2.75) is 26.3 Å². The maximum absolute atomic E-state index is 11.4. The van der Waals surface area contributed by atoms with Gasteiger partial charge in [0.15, 0.2) is 0 Å². The number of benzene rings is 1. The zero-order valence-corrected chi connectivity index (χ0v) is 12.9. The molecule has 0 spiro atoms. The van der Waals surface area contributed by atoms with Gasteiger partial charge in [0.1, 0.15) is 5.76 Å². The summed E-state index contributed by atoms with van der Waals surface area (Å²) < 4.78 is 10.2. The summed E-state index contributed by atoms with van der Waals surface area (Å²) in [5.74, 6) is 0.506. The number of aryl methyl sites for hydroxylation is 2. The van der Waals surface area contributed by atoms with Crippen LogP contribution in [-0.2, 0) is 11.2 Å². The highest BCUT2D eigenvalue weighted by atomic mass is 16.5. The van der Waals surface area contributed by atoms with Crippen LogP contribution in [-0.4, -0.2) is 20.1 Å².